The van der Waals surface area contributed by atoms with Crippen LogP contribution in [0.3, 0.4) is 0 Å². The highest BCUT2D eigenvalue weighted by molar-refractivity contribution is 8.09. The third kappa shape index (κ3) is 10.4. The summed E-state index contributed by atoms with van der Waals surface area (Å²) in [5.74, 6) is 0. The Kier molecular flexibility index (Phi) is 5.38. The van der Waals surface area contributed by atoms with Gasteiger partial charge >= 0.3 is 9.33 Å². The minimum atomic E-state index is -4.19. The first-order valence-corrected chi connectivity index (χ1v) is 6.13. The van der Waals surface area contributed by atoms with Crippen molar-refractivity contribution in [3.05, 3.63) is 15.0 Å². The zero-order valence-corrected chi connectivity index (χ0v) is 9.14. The molecule has 0 bridgehead atoms. The van der Waals surface area contributed by atoms with Gasteiger partial charge in [0.1, 0.15) is 5.15 Å². The van der Waals surface area contributed by atoms with Crippen LogP contribution in [0.1, 0.15) is 0 Å². The molecule has 0 unspecified atom stereocenters. The second-order valence-electron chi connectivity index (χ2n) is 1.34. The van der Waals surface area contributed by atoms with Crippen molar-refractivity contribution in [2.45, 2.75) is 0 Å². The predicted octanol–water partition coefficient (Wildman–Crippen LogP) is 2.48. The maximum atomic E-state index is 8.95. The van der Waals surface area contributed by atoms with E-state index in [1.807, 2.05) is 0 Å². The molecule has 0 saturated heterocycles. The average Bonchev–Trinajstić information content (AvgIpc) is 2.09. The lowest BCUT2D eigenvalue weighted by Gasteiger charge is -1.66. The molecule has 1 rings (SSSR count). The summed E-state index contributed by atoms with van der Waals surface area (Å²) in [6.07, 6.45) is 0. The van der Waals surface area contributed by atoms with Gasteiger partial charge in [0, 0.05) is 16.1 Å². The Bertz CT molecular complexity index is 310. The van der Waals surface area contributed by atoms with Crippen molar-refractivity contribution >= 4 is 54.6 Å². The molecule has 12 heavy (non-hydrogen) atoms. The summed E-state index contributed by atoms with van der Waals surface area (Å²) < 4.78 is 25.7. The Labute approximate surface area is 87.3 Å². The molecule has 0 saturated carbocycles. The van der Waals surface area contributed by atoms with Gasteiger partial charge in [0.25, 0.3) is 0 Å². The highest BCUT2D eigenvalue weighted by Gasteiger charge is 1.90. The Morgan fingerprint density at radius 2 is 1.92 bits per heavy atom. The van der Waals surface area contributed by atoms with Gasteiger partial charge in [-0.05, 0) is 0 Å². The van der Waals surface area contributed by atoms with Crippen LogP contribution >= 0.6 is 45.2 Å². The number of hydrogen-bond acceptors (Lipinski definition) is 4. The van der Waals surface area contributed by atoms with Crippen molar-refractivity contribution in [2.75, 3.05) is 0 Å². The second kappa shape index (κ2) is 5.21. The third-order valence-corrected chi connectivity index (χ3v) is 1.75. The molecule has 70 valence electrons. The van der Waals surface area contributed by atoms with Gasteiger partial charge in [0.15, 0.2) is 4.47 Å². The smallest absolute Gasteiger partial charge is 0.273 e. The normalized spacial score (nSPS) is 10.3. The predicted molar refractivity (Wildman–Crippen MR) is 49.5 cm³/mol. The summed E-state index contributed by atoms with van der Waals surface area (Å²) in [6.45, 7) is 0. The van der Waals surface area contributed by atoms with Crippen molar-refractivity contribution < 1.29 is 13.0 Å². The average molecular weight is 271 g/mol. The highest BCUT2D eigenvalue weighted by atomic mass is 35.7. The van der Waals surface area contributed by atoms with E-state index in [0.717, 1.165) is 0 Å². The largest absolute Gasteiger partial charge is 0.353 e. The molecule has 0 aliphatic carbocycles. The fourth-order valence-electron chi connectivity index (χ4n) is 0.234. The topological polar surface area (TPSA) is 67.3 Å². The van der Waals surface area contributed by atoms with Gasteiger partial charge in [0.2, 0.25) is 0 Å². The minimum Gasteiger partial charge on any atom is -0.273 e. The molecule has 0 aliphatic heterocycles. The van der Waals surface area contributed by atoms with Gasteiger partial charge in [-0.2, -0.15) is 8.42 Å². The molecule has 1 aromatic heterocycles. The van der Waals surface area contributed by atoms with E-state index in [9.17, 15) is 0 Å². The van der Waals surface area contributed by atoms with Crippen molar-refractivity contribution in [2.24, 2.45) is 0 Å². The molecule has 0 aromatic carbocycles. The molecule has 0 fully saturated rings. The molecule has 0 radical (unpaired) electrons. The van der Waals surface area contributed by atoms with Gasteiger partial charge < -0.3 is 0 Å². The molecule has 4 nitrogen and oxygen atoms in total. The number of thiazole rings is 1. The molecule has 0 aliphatic rings. The van der Waals surface area contributed by atoms with Gasteiger partial charge in [-0.25, -0.2) is 4.98 Å². The van der Waals surface area contributed by atoms with Crippen LogP contribution in [0.5, 0.6) is 0 Å². The van der Waals surface area contributed by atoms with Crippen molar-refractivity contribution in [1.82, 2.24) is 4.98 Å². The van der Waals surface area contributed by atoms with E-state index >= 15 is 0 Å². The quantitative estimate of drug-likeness (QED) is 0.581. The summed E-state index contributed by atoms with van der Waals surface area (Å²) in [7, 11) is -0.137. The number of nitrogens with zero attached hydrogens (tertiary/aromatic N) is 1. The molecule has 9 heteroatoms. The maximum absolute atomic E-state index is 8.95. The van der Waals surface area contributed by atoms with E-state index in [1.54, 1.807) is 5.38 Å². The van der Waals surface area contributed by atoms with Crippen molar-refractivity contribution in [1.29, 1.82) is 0 Å². The third-order valence-electron chi connectivity index (χ3n) is 0.448. The van der Waals surface area contributed by atoms with E-state index in [1.165, 1.54) is 11.3 Å². The van der Waals surface area contributed by atoms with Crippen molar-refractivity contribution in [3.63, 3.8) is 0 Å². The lowest BCUT2D eigenvalue weighted by atomic mass is 11.0. The summed E-state index contributed by atoms with van der Waals surface area (Å²) in [5, 5.41) is 2.15. The molecule has 1 aromatic rings. The van der Waals surface area contributed by atoms with Crippen LogP contribution in [0.4, 0.5) is 0 Å². The summed E-state index contributed by atoms with van der Waals surface area (Å²) in [5.41, 5.74) is 0. The van der Waals surface area contributed by atoms with E-state index in [0.29, 0.717) is 9.62 Å². The van der Waals surface area contributed by atoms with Crippen LogP contribution in [0.25, 0.3) is 0 Å². The summed E-state index contributed by atoms with van der Waals surface area (Å²) in [4.78, 5) is 3.66. The van der Waals surface area contributed by atoms with Gasteiger partial charge in [-0.3, -0.25) is 4.55 Å². The van der Waals surface area contributed by atoms with Crippen LogP contribution in [0.15, 0.2) is 5.38 Å². The van der Waals surface area contributed by atoms with Crippen LogP contribution in [0.2, 0.25) is 9.62 Å². The number of aromatic nitrogens is 1. The molecule has 0 amide bonds. The van der Waals surface area contributed by atoms with Crippen LogP contribution in [-0.2, 0) is 9.33 Å². The van der Waals surface area contributed by atoms with E-state index in [4.69, 9.17) is 36.2 Å². The lowest BCUT2D eigenvalue weighted by molar-refractivity contribution is 0.501. The fourth-order valence-corrected chi connectivity index (χ4v) is 1.17. The first kappa shape index (κ1) is 12.4. The molecular formula is C3H2Cl3NO3S2. The molecular weight excluding hydrogens is 269 g/mol. The molecule has 1 heterocycles. The van der Waals surface area contributed by atoms with Crippen LogP contribution in [0, 0.1) is 0 Å². The number of halogens is 3. The summed E-state index contributed by atoms with van der Waals surface area (Å²) in [6, 6.07) is 0. The Morgan fingerprint density at radius 3 is 2.00 bits per heavy atom. The van der Waals surface area contributed by atoms with E-state index < -0.39 is 9.33 Å². The standard InChI is InChI=1S/C3HCl2NS.ClHO3S/c4-2-1-7-3(5)6-2;1-5(2,3)4/h1H;(H,2,3,4). The first-order valence-electron chi connectivity index (χ1n) is 2.22. The monoisotopic (exact) mass is 269 g/mol. The first-order chi connectivity index (χ1) is 5.29. The fraction of sp³-hybridized carbons (Fsp3) is 0. The zero-order valence-electron chi connectivity index (χ0n) is 5.24. The van der Waals surface area contributed by atoms with E-state index in [2.05, 4.69) is 15.7 Å². The second-order valence-corrected chi connectivity index (χ2v) is 5.16. The molecule has 0 spiro atoms. The Morgan fingerprint density at radius 1 is 1.50 bits per heavy atom. The number of rotatable bonds is 0. The maximum Gasteiger partial charge on any atom is 0.353 e. The molecule has 1 N–H and O–H groups in total. The SMILES string of the molecule is Clc1csc(Cl)n1.O=S(=O)(O)Cl. The number of hydrogen-bond donors (Lipinski definition) is 1. The van der Waals surface area contributed by atoms with Gasteiger partial charge in [0.05, 0.1) is 0 Å². The van der Waals surface area contributed by atoms with Crippen LogP contribution < -0.4 is 0 Å². The Hall–Kier alpha value is 0.410. The zero-order chi connectivity index (χ0) is 9.78. The Balaban J connectivity index is 0.000000217. The minimum absolute atomic E-state index is 0.468. The van der Waals surface area contributed by atoms with Crippen LogP contribution in [-0.4, -0.2) is 18.0 Å². The lowest BCUT2D eigenvalue weighted by Crippen LogP contribution is -1.77. The van der Waals surface area contributed by atoms with Gasteiger partial charge in [-0.15, -0.1) is 11.3 Å². The summed E-state index contributed by atoms with van der Waals surface area (Å²) >= 11 is 12.1. The van der Waals surface area contributed by atoms with E-state index in [-0.39, 0.29) is 0 Å². The highest BCUT2D eigenvalue weighted by Crippen LogP contribution is 2.17. The van der Waals surface area contributed by atoms with Gasteiger partial charge in [-0.1, -0.05) is 23.2 Å². The van der Waals surface area contributed by atoms with Crippen molar-refractivity contribution in [3.8, 4) is 0 Å². The molecule has 0 atom stereocenters.